The van der Waals surface area contributed by atoms with Gasteiger partial charge in [-0.3, -0.25) is 14.5 Å². The standard InChI is InChI=1S/C23H25ClN4O3/c1-14-20(13-17-16-12-15(24)2-3-18(16)26-22(17)29)25-19-4-5-28(23(30)21(14)19)7-6-27-8-10-31-11-9-27/h2-3,12-13,25H,4-11H2,1H3,(H,26,29)/b17-13-. The molecule has 1 fully saturated rings. The zero-order valence-corrected chi connectivity index (χ0v) is 18.2. The molecule has 0 radical (unpaired) electrons. The highest BCUT2D eigenvalue weighted by Crippen LogP contribution is 2.36. The summed E-state index contributed by atoms with van der Waals surface area (Å²) in [7, 11) is 0. The first-order chi connectivity index (χ1) is 15.0. The molecule has 0 atom stereocenters. The Morgan fingerprint density at radius 2 is 1.97 bits per heavy atom. The van der Waals surface area contributed by atoms with E-state index < -0.39 is 0 Å². The molecule has 162 valence electrons. The molecule has 3 aliphatic rings. The van der Waals surface area contributed by atoms with Crippen LogP contribution in [0.15, 0.2) is 18.2 Å². The molecule has 3 aliphatic heterocycles. The van der Waals surface area contributed by atoms with Crippen LogP contribution in [0.3, 0.4) is 0 Å². The van der Waals surface area contributed by atoms with E-state index in [1.54, 1.807) is 18.2 Å². The Bertz CT molecular complexity index is 1080. The summed E-state index contributed by atoms with van der Waals surface area (Å²) in [6, 6.07) is 5.35. The molecule has 8 heteroatoms. The maximum atomic E-state index is 13.2. The van der Waals surface area contributed by atoms with Gasteiger partial charge in [0, 0.05) is 66.8 Å². The number of carbonyl (C=O) groups excluding carboxylic acids is 2. The van der Waals surface area contributed by atoms with Crippen LogP contribution in [0.5, 0.6) is 0 Å². The van der Waals surface area contributed by atoms with E-state index in [0.717, 1.165) is 73.0 Å². The van der Waals surface area contributed by atoms with Crippen molar-refractivity contribution in [3.8, 4) is 0 Å². The van der Waals surface area contributed by atoms with Gasteiger partial charge in [0.15, 0.2) is 0 Å². The van der Waals surface area contributed by atoms with E-state index in [2.05, 4.69) is 15.2 Å². The van der Waals surface area contributed by atoms with Crippen molar-refractivity contribution in [1.82, 2.24) is 14.8 Å². The van der Waals surface area contributed by atoms with Gasteiger partial charge in [0.05, 0.1) is 24.4 Å². The molecule has 0 spiro atoms. The van der Waals surface area contributed by atoms with Gasteiger partial charge in [-0.25, -0.2) is 0 Å². The minimum atomic E-state index is -0.164. The number of H-pyrrole nitrogens is 1. The molecule has 4 heterocycles. The van der Waals surface area contributed by atoms with Crippen molar-refractivity contribution < 1.29 is 14.3 Å². The van der Waals surface area contributed by atoms with E-state index in [0.29, 0.717) is 23.7 Å². The zero-order valence-electron chi connectivity index (χ0n) is 17.5. The third kappa shape index (κ3) is 3.78. The van der Waals surface area contributed by atoms with Gasteiger partial charge in [0.25, 0.3) is 11.8 Å². The van der Waals surface area contributed by atoms with Gasteiger partial charge in [-0.2, -0.15) is 0 Å². The molecule has 0 bridgehead atoms. The van der Waals surface area contributed by atoms with Crippen LogP contribution in [-0.4, -0.2) is 72.5 Å². The van der Waals surface area contributed by atoms with Crippen molar-refractivity contribution in [2.24, 2.45) is 0 Å². The van der Waals surface area contributed by atoms with Crippen molar-refractivity contribution in [3.63, 3.8) is 0 Å². The molecule has 0 unspecified atom stereocenters. The van der Waals surface area contributed by atoms with Gasteiger partial charge in [-0.1, -0.05) is 11.6 Å². The summed E-state index contributed by atoms with van der Waals surface area (Å²) in [4.78, 5) is 33.4. The van der Waals surface area contributed by atoms with Crippen LogP contribution in [0, 0.1) is 6.92 Å². The first-order valence-electron chi connectivity index (χ1n) is 10.6. The number of aromatic amines is 1. The van der Waals surface area contributed by atoms with Crippen LogP contribution >= 0.6 is 11.6 Å². The second-order valence-corrected chi connectivity index (χ2v) is 8.65. The molecule has 1 aromatic heterocycles. The molecule has 5 rings (SSSR count). The molecule has 1 saturated heterocycles. The van der Waals surface area contributed by atoms with Gasteiger partial charge in [-0.05, 0) is 36.8 Å². The molecular formula is C23H25ClN4O3. The smallest absolute Gasteiger partial charge is 0.256 e. The van der Waals surface area contributed by atoms with Crippen LogP contribution < -0.4 is 5.32 Å². The number of hydrogen-bond acceptors (Lipinski definition) is 4. The zero-order chi connectivity index (χ0) is 21.5. The summed E-state index contributed by atoms with van der Waals surface area (Å²) in [6.07, 6.45) is 2.61. The fourth-order valence-electron chi connectivity index (χ4n) is 4.56. The van der Waals surface area contributed by atoms with E-state index in [1.165, 1.54) is 0 Å². The molecule has 2 N–H and O–H groups in total. The number of aromatic nitrogens is 1. The van der Waals surface area contributed by atoms with Crippen molar-refractivity contribution in [2.45, 2.75) is 13.3 Å². The maximum absolute atomic E-state index is 13.2. The molecule has 31 heavy (non-hydrogen) atoms. The largest absolute Gasteiger partial charge is 0.379 e. The number of amides is 2. The SMILES string of the molecule is Cc1c(/C=C2\C(=O)Nc3ccc(Cl)cc32)[nH]c2c1C(=O)N(CCN1CCOCC1)CC2. The molecule has 0 saturated carbocycles. The minimum Gasteiger partial charge on any atom is -0.379 e. The summed E-state index contributed by atoms with van der Waals surface area (Å²) in [6.45, 7) is 7.57. The summed E-state index contributed by atoms with van der Waals surface area (Å²) in [5.74, 6) is -0.102. The van der Waals surface area contributed by atoms with Gasteiger partial charge < -0.3 is 19.9 Å². The van der Waals surface area contributed by atoms with Gasteiger partial charge in [-0.15, -0.1) is 0 Å². The van der Waals surface area contributed by atoms with Crippen molar-refractivity contribution in [2.75, 3.05) is 51.3 Å². The Balaban J connectivity index is 1.39. The number of morpholine rings is 1. The van der Waals surface area contributed by atoms with Gasteiger partial charge in [0.1, 0.15) is 0 Å². The predicted octanol–water partition coefficient (Wildman–Crippen LogP) is 2.80. The number of anilines is 1. The Kier molecular flexibility index (Phi) is 5.33. The molecule has 1 aromatic carbocycles. The molecule has 7 nitrogen and oxygen atoms in total. The number of rotatable bonds is 4. The fourth-order valence-corrected chi connectivity index (χ4v) is 4.73. The molecule has 2 aromatic rings. The highest BCUT2D eigenvalue weighted by atomic mass is 35.5. The van der Waals surface area contributed by atoms with Crippen LogP contribution in [0.1, 0.15) is 32.9 Å². The minimum absolute atomic E-state index is 0.0622. The lowest BCUT2D eigenvalue weighted by Crippen LogP contribution is -2.45. The summed E-state index contributed by atoms with van der Waals surface area (Å²) in [5.41, 5.74) is 5.45. The quantitative estimate of drug-likeness (QED) is 0.717. The highest BCUT2D eigenvalue weighted by Gasteiger charge is 2.30. The monoisotopic (exact) mass is 440 g/mol. The first-order valence-corrected chi connectivity index (χ1v) is 11.0. The number of ether oxygens (including phenoxy) is 1. The van der Waals surface area contributed by atoms with E-state index in [1.807, 2.05) is 17.9 Å². The third-order valence-corrected chi connectivity index (χ3v) is 6.58. The number of halogens is 1. The van der Waals surface area contributed by atoms with E-state index in [-0.39, 0.29) is 11.8 Å². The van der Waals surface area contributed by atoms with Crippen molar-refractivity contribution >= 4 is 40.8 Å². The second-order valence-electron chi connectivity index (χ2n) is 8.22. The van der Waals surface area contributed by atoms with E-state index in [4.69, 9.17) is 16.3 Å². The van der Waals surface area contributed by atoms with E-state index in [9.17, 15) is 9.59 Å². The van der Waals surface area contributed by atoms with Crippen LogP contribution in [0.2, 0.25) is 5.02 Å². The Hall–Kier alpha value is -2.61. The molecule has 2 amide bonds. The number of benzene rings is 1. The lowest BCUT2D eigenvalue weighted by molar-refractivity contribution is -0.110. The second kappa shape index (κ2) is 8.15. The number of carbonyl (C=O) groups is 2. The number of hydrogen-bond donors (Lipinski definition) is 2. The maximum Gasteiger partial charge on any atom is 0.256 e. The Morgan fingerprint density at radius 3 is 2.77 bits per heavy atom. The van der Waals surface area contributed by atoms with Crippen molar-refractivity contribution in [1.29, 1.82) is 0 Å². The number of nitrogens with zero attached hydrogens (tertiary/aromatic N) is 2. The fraction of sp³-hybridized carbons (Fsp3) is 0.391. The third-order valence-electron chi connectivity index (χ3n) is 6.34. The summed E-state index contributed by atoms with van der Waals surface area (Å²) in [5, 5.41) is 3.45. The number of fused-ring (bicyclic) bond motifs is 2. The lowest BCUT2D eigenvalue weighted by Gasteiger charge is -2.32. The average molecular weight is 441 g/mol. The lowest BCUT2D eigenvalue weighted by atomic mass is 10.0. The van der Waals surface area contributed by atoms with Crippen molar-refractivity contribution in [3.05, 3.63) is 51.3 Å². The normalized spacial score (nSPS) is 20.2. The van der Waals surface area contributed by atoms with E-state index >= 15 is 0 Å². The van der Waals surface area contributed by atoms with Crippen LogP contribution in [-0.2, 0) is 16.0 Å². The van der Waals surface area contributed by atoms with Crippen LogP contribution in [0.4, 0.5) is 5.69 Å². The van der Waals surface area contributed by atoms with Gasteiger partial charge in [0.2, 0.25) is 0 Å². The average Bonchev–Trinajstić information content (AvgIpc) is 3.25. The molecular weight excluding hydrogens is 416 g/mol. The summed E-state index contributed by atoms with van der Waals surface area (Å²) < 4.78 is 5.40. The highest BCUT2D eigenvalue weighted by molar-refractivity contribution is 6.36. The first kappa shape index (κ1) is 20.3. The summed E-state index contributed by atoms with van der Waals surface area (Å²) >= 11 is 6.14. The predicted molar refractivity (Wildman–Crippen MR) is 120 cm³/mol. The van der Waals surface area contributed by atoms with Gasteiger partial charge >= 0.3 is 0 Å². The van der Waals surface area contributed by atoms with Crippen LogP contribution in [0.25, 0.3) is 11.6 Å². The molecule has 0 aliphatic carbocycles. The Labute approximate surface area is 186 Å². The number of nitrogens with one attached hydrogen (secondary N) is 2. The topological polar surface area (TPSA) is 77.7 Å². The Morgan fingerprint density at radius 1 is 1.16 bits per heavy atom.